The van der Waals surface area contributed by atoms with Crippen molar-refractivity contribution in [3.05, 3.63) is 0 Å². The van der Waals surface area contributed by atoms with Crippen molar-refractivity contribution in [1.82, 2.24) is 0 Å². The first kappa shape index (κ1) is 8.87. The van der Waals surface area contributed by atoms with Crippen molar-refractivity contribution in [2.75, 3.05) is 0 Å². The summed E-state index contributed by atoms with van der Waals surface area (Å²) in [7, 11) is 0. The largest absolute Gasteiger partial charge is 0.123 e. The lowest BCUT2D eigenvalue weighted by Crippen LogP contribution is -2.11. The van der Waals surface area contributed by atoms with E-state index in [0.717, 1.165) is 0 Å². The SMILES string of the molecule is C[C@@H](Cl)CC(C)(Cl)Cl. The van der Waals surface area contributed by atoms with Crippen LogP contribution in [-0.2, 0) is 0 Å². The molecule has 0 aliphatic carbocycles. The van der Waals surface area contributed by atoms with Crippen molar-refractivity contribution in [3.8, 4) is 0 Å². The predicted octanol–water partition coefficient (Wildman–Crippen LogP) is 3.20. The van der Waals surface area contributed by atoms with Gasteiger partial charge in [-0.05, 0) is 20.3 Å². The summed E-state index contributed by atoms with van der Waals surface area (Å²) in [4.78, 5) is 0. The van der Waals surface area contributed by atoms with E-state index in [-0.39, 0.29) is 5.38 Å². The van der Waals surface area contributed by atoms with Crippen LogP contribution >= 0.6 is 34.8 Å². The van der Waals surface area contributed by atoms with Gasteiger partial charge in [-0.25, -0.2) is 0 Å². The molecule has 0 bridgehead atoms. The Labute approximate surface area is 65.1 Å². The van der Waals surface area contributed by atoms with E-state index in [1.165, 1.54) is 0 Å². The van der Waals surface area contributed by atoms with Gasteiger partial charge in [-0.1, -0.05) is 0 Å². The molecule has 0 aromatic carbocycles. The fourth-order valence-electron chi connectivity index (χ4n) is 0.494. The van der Waals surface area contributed by atoms with E-state index in [2.05, 4.69) is 0 Å². The monoisotopic (exact) mass is 174 g/mol. The summed E-state index contributed by atoms with van der Waals surface area (Å²) in [6, 6.07) is 0. The van der Waals surface area contributed by atoms with Gasteiger partial charge in [-0.3, -0.25) is 0 Å². The second-order valence-corrected chi connectivity index (χ2v) is 4.66. The Morgan fingerprint density at radius 3 is 1.88 bits per heavy atom. The zero-order valence-corrected chi connectivity index (χ0v) is 7.19. The zero-order valence-electron chi connectivity index (χ0n) is 4.92. The third-order valence-electron chi connectivity index (χ3n) is 0.640. The van der Waals surface area contributed by atoms with Crippen molar-refractivity contribution >= 4 is 34.8 Å². The van der Waals surface area contributed by atoms with Crippen LogP contribution in [0.3, 0.4) is 0 Å². The molecule has 8 heavy (non-hydrogen) atoms. The van der Waals surface area contributed by atoms with Gasteiger partial charge in [0.1, 0.15) is 4.33 Å². The molecule has 0 saturated heterocycles. The van der Waals surface area contributed by atoms with E-state index >= 15 is 0 Å². The first-order chi connectivity index (χ1) is 3.42. The summed E-state index contributed by atoms with van der Waals surface area (Å²) in [5, 5.41) is 0.0509. The molecule has 0 saturated carbocycles. The van der Waals surface area contributed by atoms with Gasteiger partial charge in [0.15, 0.2) is 0 Å². The van der Waals surface area contributed by atoms with Gasteiger partial charge in [0.05, 0.1) is 0 Å². The van der Waals surface area contributed by atoms with Gasteiger partial charge < -0.3 is 0 Å². The van der Waals surface area contributed by atoms with Crippen molar-refractivity contribution < 1.29 is 0 Å². The van der Waals surface area contributed by atoms with Crippen LogP contribution in [0.5, 0.6) is 0 Å². The average Bonchev–Trinajstić information content (AvgIpc) is 1.21. The third-order valence-corrected chi connectivity index (χ3v) is 1.10. The number of halogens is 3. The number of rotatable bonds is 2. The third kappa shape index (κ3) is 6.87. The normalized spacial score (nSPS) is 16.1. The fraction of sp³-hybridized carbons (Fsp3) is 1.00. The van der Waals surface area contributed by atoms with E-state index in [1.807, 2.05) is 6.92 Å². The molecular formula is C5H9Cl3. The number of hydrogen-bond acceptors (Lipinski definition) is 0. The van der Waals surface area contributed by atoms with Crippen LogP contribution in [0.15, 0.2) is 0 Å². The maximum absolute atomic E-state index is 5.61. The van der Waals surface area contributed by atoms with E-state index in [1.54, 1.807) is 6.92 Å². The van der Waals surface area contributed by atoms with E-state index < -0.39 is 4.33 Å². The molecule has 1 atom stereocenters. The second-order valence-electron chi connectivity index (χ2n) is 2.06. The Kier molecular flexibility index (Phi) is 3.49. The second kappa shape index (κ2) is 3.14. The van der Waals surface area contributed by atoms with E-state index in [4.69, 9.17) is 34.8 Å². The highest BCUT2D eigenvalue weighted by molar-refractivity contribution is 6.48. The molecule has 0 heterocycles. The van der Waals surface area contributed by atoms with Gasteiger partial charge in [-0.15, -0.1) is 34.8 Å². The molecule has 0 nitrogen and oxygen atoms in total. The van der Waals surface area contributed by atoms with Gasteiger partial charge in [0, 0.05) is 5.38 Å². The highest BCUT2D eigenvalue weighted by atomic mass is 35.5. The maximum Gasteiger partial charge on any atom is 0.117 e. The molecule has 0 spiro atoms. The quantitative estimate of drug-likeness (QED) is 0.566. The lowest BCUT2D eigenvalue weighted by atomic mass is 10.2. The van der Waals surface area contributed by atoms with Crippen LogP contribution in [0, 0.1) is 0 Å². The predicted molar refractivity (Wildman–Crippen MR) is 40.0 cm³/mol. The molecule has 0 amide bonds. The van der Waals surface area contributed by atoms with Crippen molar-refractivity contribution in [2.24, 2.45) is 0 Å². The first-order valence-corrected chi connectivity index (χ1v) is 3.63. The molecule has 3 heteroatoms. The van der Waals surface area contributed by atoms with Gasteiger partial charge >= 0.3 is 0 Å². The van der Waals surface area contributed by atoms with Gasteiger partial charge in [0.25, 0.3) is 0 Å². The van der Waals surface area contributed by atoms with E-state index in [0.29, 0.717) is 6.42 Å². The first-order valence-electron chi connectivity index (χ1n) is 2.44. The molecule has 0 N–H and O–H groups in total. The minimum absolute atomic E-state index is 0.0509. The Bertz CT molecular complexity index is 62.6. The lowest BCUT2D eigenvalue weighted by Gasteiger charge is -2.13. The topological polar surface area (TPSA) is 0 Å². The summed E-state index contributed by atoms with van der Waals surface area (Å²) in [6.07, 6.45) is 0.623. The molecule has 0 radical (unpaired) electrons. The Hall–Kier alpha value is 0.870. The minimum Gasteiger partial charge on any atom is -0.123 e. The molecule has 50 valence electrons. The Morgan fingerprint density at radius 1 is 1.50 bits per heavy atom. The molecule has 0 fully saturated rings. The van der Waals surface area contributed by atoms with Crippen molar-refractivity contribution in [3.63, 3.8) is 0 Å². The molecule has 0 aromatic heterocycles. The smallest absolute Gasteiger partial charge is 0.117 e. The van der Waals surface area contributed by atoms with Crippen LogP contribution < -0.4 is 0 Å². The molecule has 0 unspecified atom stereocenters. The number of hydrogen-bond donors (Lipinski definition) is 0. The minimum atomic E-state index is -0.666. The van der Waals surface area contributed by atoms with Crippen LogP contribution in [0.1, 0.15) is 20.3 Å². The van der Waals surface area contributed by atoms with E-state index in [9.17, 15) is 0 Å². The van der Waals surface area contributed by atoms with Crippen LogP contribution in [0.4, 0.5) is 0 Å². The van der Waals surface area contributed by atoms with Crippen molar-refractivity contribution in [2.45, 2.75) is 30.0 Å². The van der Waals surface area contributed by atoms with Crippen LogP contribution in [0.25, 0.3) is 0 Å². The van der Waals surface area contributed by atoms with Crippen LogP contribution in [-0.4, -0.2) is 9.71 Å². The fourth-order valence-corrected chi connectivity index (χ4v) is 1.42. The number of alkyl halides is 3. The van der Waals surface area contributed by atoms with Crippen molar-refractivity contribution in [1.29, 1.82) is 0 Å². The summed E-state index contributed by atoms with van der Waals surface area (Å²) in [5.74, 6) is 0. The van der Waals surface area contributed by atoms with Crippen LogP contribution in [0.2, 0.25) is 0 Å². The van der Waals surface area contributed by atoms with Gasteiger partial charge in [-0.2, -0.15) is 0 Å². The molecule has 0 rings (SSSR count). The van der Waals surface area contributed by atoms with Gasteiger partial charge in [0.2, 0.25) is 0 Å². The lowest BCUT2D eigenvalue weighted by molar-refractivity contribution is 0.735. The Morgan fingerprint density at radius 2 is 1.88 bits per heavy atom. The summed E-state index contributed by atoms with van der Waals surface area (Å²) in [6.45, 7) is 3.60. The highest BCUT2D eigenvalue weighted by Gasteiger charge is 2.18. The summed E-state index contributed by atoms with van der Waals surface area (Å²) in [5.41, 5.74) is 0. The zero-order chi connectivity index (χ0) is 6.78. The maximum atomic E-state index is 5.61. The molecule has 0 aliphatic rings. The standard InChI is InChI=1S/C5H9Cl3/c1-4(6)3-5(2,7)8/h4H,3H2,1-2H3/t4-/m1/s1. The summed E-state index contributed by atoms with van der Waals surface area (Å²) < 4.78 is -0.666. The highest BCUT2D eigenvalue weighted by Crippen LogP contribution is 2.27. The average molecular weight is 175 g/mol. The molecule has 0 aromatic rings. The molecule has 0 aliphatic heterocycles. The Balaban J connectivity index is 3.39. The summed E-state index contributed by atoms with van der Waals surface area (Å²) >= 11 is 16.8. The molecular weight excluding hydrogens is 166 g/mol.